The van der Waals surface area contributed by atoms with Gasteiger partial charge in [-0.3, -0.25) is 9.12 Å². The van der Waals surface area contributed by atoms with Crippen LogP contribution in [0.4, 0.5) is 30.6 Å². The zero-order valence-corrected chi connectivity index (χ0v) is 23.9. The van der Waals surface area contributed by atoms with E-state index in [9.17, 15) is 31.7 Å². The summed E-state index contributed by atoms with van der Waals surface area (Å²) >= 11 is 0. The summed E-state index contributed by atoms with van der Waals surface area (Å²) in [4.78, 5) is 27.6. The van der Waals surface area contributed by atoms with Gasteiger partial charge in [0.2, 0.25) is 5.95 Å². The molecule has 2 aliphatic heterocycles. The molecule has 15 nitrogen and oxygen atoms in total. The van der Waals surface area contributed by atoms with Crippen LogP contribution in [-0.4, -0.2) is 88.9 Å². The van der Waals surface area contributed by atoms with Gasteiger partial charge in [0, 0.05) is 67.4 Å². The maximum absolute atomic E-state index is 12.4. The van der Waals surface area contributed by atoms with Gasteiger partial charge in [-0.05, 0) is 36.1 Å². The van der Waals surface area contributed by atoms with Gasteiger partial charge in [-0.2, -0.15) is 8.42 Å². The van der Waals surface area contributed by atoms with Crippen LogP contribution in [0.25, 0.3) is 0 Å². The molecule has 4 heterocycles. The van der Waals surface area contributed by atoms with E-state index >= 15 is 0 Å². The van der Waals surface area contributed by atoms with Crippen molar-refractivity contribution in [3.05, 3.63) is 58.0 Å². The van der Waals surface area contributed by atoms with Gasteiger partial charge in [-0.1, -0.05) is 0 Å². The topological polar surface area (TPSA) is 178 Å². The summed E-state index contributed by atoms with van der Waals surface area (Å²) in [5.74, 6) is 0.135. The molecule has 5 rings (SSSR count). The lowest BCUT2D eigenvalue weighted by Crippen LogP contribution is -2.47. The summed E-state index contributed by atoms with van der Waals surface area (Å²) in [5.41, 5.74) is 2.58. The normalized spacial score (nSPS) is 16.9. The van der Waals surface area contributed by atoms with Gasteiger partial charge in [0.15, 0.2) is 0 Å². The number of hydrogen-bond donors (Lipinski definition) is 2. The largest absolute Gasteiger partial charge is 0.573 e. The molecule has 1 saturated heterocycles. The van der Waals surface area contributed by atoms with Gasteiger partial charge >= 0.3 is 18.2 Å². The van der Waals surface area contributed by atoms with Crippen molar-refractivity contribution < 1.29 is 40.5 Å². The first kappa shape index (κ1) is 31.7. The lowest BCUT2D eigenvalue weighted by atomic mass is 10.2. The number of benzene rings is 1. The maximum atomic E-state index is 12.4. The zero-order valence-electron chi connectivity index (χ0n) is 23.1. The molecule has 3 aromatic rings. The fourth-order valence-electron chi connectivity index (χ4n) is 4.39. The van der Waals surface area contributed by atoms with E-state index in [1.54, 1.807) is 22.9 Å². The highest BCUT2D eigenvalue weighted by Crippen LogP contribution is 2.26. The molecule has 0 bridgehead atoms. The first-order valence-electron chi connectivity index (χ1n) is 12.8. The van der Waals surface area contributed by atoms with Crippen molar-refractivity contribution in [1.82, 2.24) is 24.8 Å². The number of piperazine rings is 1. The van der Waals surface area contributed by atoms with Crippen LogP contribution in [0.5, 0.6) is 11.8 Å². The Morgan fingerprint density at radius 1 is 1.16 bits per heavy atom. The van der Waals surface area contributed by atoms with Crippen LogP contribution in [0.3, 0.4) is 0 Å². The van der Waals surface area contributed by atoms with Crippen molar-refractivity contribution in [2.24, 2.45) is 0 Å². The summed E-state index contributed by atoms with van der Waals surface area (Å²) in [6.07, 6.45) is -0.846. The van der Waals surface area contributed by atoms with E-state index in [-0.39, 0.29) is 23.6 Å². The van der Waals surface area contributed by atoms with Crippen molar-refractivity contribution in [2.75, 3.05) is 48.8 Å². The minimum Gasteiger partial charge on any atom is -0.444 e. The third-order valence-electron chi connectivity index (χ3n) is 6.39. The number of halogens is 3. The van der Waals surface area contributed by atoms with E-state index in [0.29, 0.717) is 58.1 Å². The molecule has 1 aromatic carbocycles. The molecule has 2 N–H and O–H groups in total. The van der Waals surface area contributed by atoms with E-state index in [1.807, 2.05) is 6.92 Å². The molecular weight excluding hydrogens is 601 g/mol. The van der Waals surface area contributed by atoms with E-state index in [0.717, 1.165) is 16.9 Å². The first-order valence-corrected chi connectivity index (χ1v) is 14.7. The van der Waals surface area contributed by atoms with Crippen LogP contribution in [0.2, 0.25) is 0 Å². The summed E-state index contributed by atoms with van der Waals surface area (Å²) in [6.45, 7) is 5.92. The van der Waals surface area contributed by atoms with Crippen LogP contribution in [0.15, 0.2) is 36.7 Å². The molecule has 43 heavy (non-hydrogen) atoms. The Kier molecular flexibility index (Phi) is 9.55. The number of nitrogens with one attached hydrogen (secondary N) is 1. The Labute approximate surface area is 244 Å². The molecular formula is C24H29F3N8O7S. The first-order chi connectivity index (χ1) is 20.1. The van der Waals surface area contributed by atoms with Crippen molar-refractivity contribution >= 4 is 27.6 Å². The standard InChI is InChI=1S/C23H25F3N8O4.CH4O3S/c1-15-16(10-27-17-12-33-13-20(34(35)36)30-22(33)37-14-17)11-28-21(29-15)32-8-6-31(7-9-32)18-2-4-19(5-3-18)38-23(24,25)26;1-5(2,3)4/h2-5,11,13,17,27H,6-10,12,14H2,1H3;1H3,(H,2,3,4). The van der Waals surface area contributed by atoms with Gasteiger partial charge in [0.1, 0.15) is 18.6 Å². The minimum absolute atomic E-state index is 0.0578. The van der Waals surface area contributed by atoms with E-state index in [1.165, 1.54) is 18.3 Å². The molecule has 1 unspecified atom stereocenters. The second kappa shape index (κ2) is 13.0. The predicted octanol–water partition coefficient (Wildman–Crippen LogP) is 2.17. The van der Waals surface area contributed by atoms with Gasteiger partial charge < -0.3 is 34.7 Å². The quantitative estimate of drug-likeness (QED) is 0.221. The van der Waals surface area contributed by atoms with Crippen molar-refractivity contribution in [3.8, 4) is 11.8 Å². The molecule has 0 aliphatic carbocycles. The number of anilines is 2. The molecule has 234 valence electrons. The maximum Gasteiger partial charge on any atom is 0.573 e. The van der Waals surface area contributed by atoms with Gasteiger partial charge in [-0.25, -0.2) is 9.97 Å². The minimum atomic E-state index is -4.71. The second-order valence-corrected chi connectivity index (χ2v) is 11.2. The van der Waals surface area contributed by atoms with Crippen molar-refractivity contribution in [1.29, 1.82) is 0 Å². The number of imidazole rings is 1. The fraction of sp³-hybridized carbons (Fsp3) is 0.458. The highest BCUT2D eigenvalue weighted by atomic mass is 32.2. The summed E-state index contributed by atoms with van der Waals surface area (Å²) in [6, 6.07) is 6.04. The Bertz CT molecular complexity index is 1520. The van der Waals surface area contributed by atoms with Crippen LogP contribution in [-0.2, 0) is 23.2 Å². The molecule has 0 radical (unpaired) electrons. The average Bonchev–Trinajstić information content (AvgIpc) is 3.35. The van der Waals surface area contributed by atoms with Crippen LogP contribution < -0.4 is 24.6 Å². The Morgan fingerprint density at radius 2 is 1.79 bits per heavy atom. The molecule has 1 atom stereocenters. The monoisotopic (exact) mass is 630 g/mol. The Morgan fingerprint density at radius 3 is 2.37 bits per heavy atom. The SMILES string of the molecule is CS(=O)(=O)O.Cc1nc(N2CCN(c3ccc(OC(F)(F)F)cc3)CC2)ncc1CNC1COc2nc([N+](=O)[O-])cn2C1. The van der Waals surface area contributed by atoms with E-state index in [4.69, 9.17) is 9.29 Å². The zero-order chi connectivity index (χ0) is 31.4. The molecule has 2 aromatic heterocycles. The van der Waals surface area contributed by atoms with Crippen LogP contribution in [0, 0.1) is 17.0 Å². The molecule has 0 saturated carbocycles. The number of aryl methyl sites for hydroxylation is 1. The van der Waals surface area contributed by atoms with Gasteiger partial charge in [0.05, 0.1) is 12.3 Å². The number of rotatable bonds is 7. The molecule has 0 spiro atoms. The average molecular weight is 631 g/mol. The van der Waals surface area contributed by atoms with E-state index < -0.39 is 21.4 Å². The number of nitro groups is 1. The van der Waals surface area contributed by atoms with Crippen molar-refractivity contribution in [2.45, 2.75) is 32.4 Å². The number of aromatic nitrogens is 4. The fourth-order valence-corrected chi connectivity index (χ4v) is 4.39. The summed E-state index contributed by atoms with van der Waals surface area (Å²) < 4.78 is 74.1. The van der Waals surface area contributed by atoms with E-state index in [2.05, 4.69) is 34.8 Å². The summed E-state index contributed by atoms with van der Waals surface area (Å²) in [5, 5.41) is 14.3. The number of ether oxygens (including phenoxy) is 2. The highest BCUT2D eigenvalue weighted by Gasteiger charge is 2.31. The smallest absolute Gasteiger partial charge is 0.444 e. The van der Waals surface area contributed by atoms with Gasteiger partial charge in [-0.15, -0.1) is 13.2 Å². The Balaban J connectivity index is 0.000000782. The van der Waals surface area contributed by atoms with Crippen LogP contribution >= 0.6 is 0 Å². The third-order valence-corrected chi connectivity index (χ3v) is 6.39. The molecule has 19 heteroatoms. The lowest BCUT2D eigenvalue weighted by molar-refractivity contribution is -0.389. The lowest BCUT2D eigenvalue weighted by Gasteiger charge is -2.36. The number of alkyl halides is 3. The van der Waals surface area contributed by atoms with Gasteiger partial charge in [0.25, 0.3) is 10.1 Å². The highest BCUT2D eigenvalue weighted by molar-refractivity contribution is 7.85. The van der Waals surface area contributed by atoms with Crippen LogP contribution in [0.1, 0.15) is 11.3 Å². The third kappa shape index (κ3) is 9.38. The second-order valence-electron chi connectivity index (χ2n) is 9.71. The molecule has 2 aliphatic rings. The van der Waals surface area contributed by atoms with Crippen molar-refractivity contribution in [3.63, 3.8) is 0 Å². The molecule has 0 amide bonds. The number of hydrogen-bond acceptors (Lipinski definition) is 12. The number of nitrogens with zero attached hydrogens (tertiary/aromatic N) is 7. The number of fused-ring (bicyclic) bond motifs is 1. The Hall–Kier alpha value is -4.23. The predicted molar refractivity (Wildman–Crippen MR) is 147 cm³/mol. The summed E-state index contributed by atoms with van der Waals surface area (Å²) in [7, 11) is -3.67. The molecule has 1 fully saturated rings.